The maximum Gasteiger partial charge on any atom is 0.253 e. The van der Waals surface area contributed by atoms with Crippen LogP contribution in [0.25, 0.3) is 11.1 Å². The smallest absolute Gasteiger partial charge is 0.253 e. The molecule has 0 bridgehead atoms. The Morgan fingerprint density at radius 3 is 2.43 bits per heavy atom. The van der Waals surface area contributed by atoms with E-state index >= 15 is 0 Å². The van der Waals surface area contributed by atoms with E-state index in [4.69, 9.17) is 0 Å². The Balaban J connectivity index is 1.71. The first-order chi connectivity index (χ1) is 11.2. The largest absolute Gasteiger partial charge is 0.348 e. The number of nitrogens with one attached hydrogen (secondary N) is 1. The zero-order chi connectivity index (χ0) is 16.1. The van der Waals surface area contributed by atoms with Crippen molar-refractivity contribution in [3.63, 3.8) is 0 Å². The van der Waals surface area contributed by atoms with Crippen molar-refractivity contribution < 1.29 is 9.18 Å². The van der Waals surface area contributed by atoms with Gasteiger partial charge < -0.3 is 5.32 Å². The first-order valence-electron chi connectivity index (χ1n) is 7.25. The van der Waals surface area contributed by atoms with Crippen LogP contribution in [0.2, 0.25) is 0 Å². The Labute approximate surface area is 133 Å². The van der Waals surface area contributed by atoms with Crippen LogP contribution in [-0.4, -0.2) is 10.9 Å². The number of hydrogen-bond donors (Lipinski definition) is 1. The van der Waals surface area contributed by atoms with Crippen LogP contribution in [0.3, 0.4) is 0 Å². The molecule has 3 nitrogen and oxygen atoms in total. The summed E-state index contributed by atoms with van der Waals surface area (Å²) in [7, 11) is 0. The van der Waals surface area contributed by atoms with Crippen molar-refractivity contribution in [2.75, 3.05) is 0 Å². The number of rotatable bonds is 4. The van der Waals surface area contributed by atoms with Gasteiger partial charge in [0.2, 0.25) is 0 Å². The zero-order valence-corrected chi connectivity index (χ0v) is 12.4. The van der Waals surface area contributed by atoms with Gasteiger partial charge in [-0.15, -0.1) is 0 Å². The topological polar surface area (TPSA) is 42.0 Å². The van der Waals surface area contributed by atoms with Gasteiger partial charge in [0, 0.05) is 24.5 Å². The second-order valence-electron chi connectivity index (χ2n) is 5.14. The van der Waals surface area contributed by atoms with E-state index in [9.17, 15) is 9.18 Å². The Morgan fingerprint density at radius 1 is 0.957 bits per heavy atom. The average molecular weight is 306 g/mol. The number of pyridine rings is 1. The first kappa shape index (κ1) is 14.9. The minimum absolute atomic E-state index is 0.209. The van der Waals surface area contributed by atoms with Crippen molar-refractivity contribution in [2.45, 2.75) is 6.54 Å². The summed E-state index contributed by atoms with van der Waals surface area (Å²) in [5, 5.41) is 2.81. The maximum atomic E-state index is 12.9. The molecular weight excluding hydrogens is 291 g/mol. The van der Waals surface area contributed by atoms with Crippen LogP contribution in [0.15, 0.2) is 73.1 Å². The molecule has 2 aromatic carbocycles. The molecule has 0 aliphatic rings. The van der Waals surface area contributed by atoms with Crippen LogP contribution in [-0.2, 0) is 6.54 Å². The molecule has 1 heterocycles. The van der Waals surface area contributed by atoms with Crippen molar-refractivity contribution in [3.05, 3.63) is 90.0 Å². The van der Waals surface area contributed by atoms with Crippen LogP contribution in [0, 0.1) is 5.82 Å². The molecule has 0 fully saturated rings. The van der Waals surface area contributed by atoms with Gasteiger partial charge in [-0.2, -0.15) is 0 Å². The number of benzene rings is 2. The highest BCUT2D eigenvalue weighted by molar-refractivity contribution is 5.95. The molecule has 3 rings (SSSR count). The number of hydrogen-bond acceptors (Lipinski definition) is 2. The minimum atomic E-state index is -0.292. The molecule has 0 atom stereocenters. The van der Waals surface area contributed by atoms with Gasteiger partial charge in [-0.25, -0.2) is 4.39 Å². The molecule has 0 aliphatic carbocycles. The molecule has 0 aliphatic heterocycles. The van der Waals surface area contributed by atoms with Gasteiger partial charge in [0.1, 0.15) is 5.82 Å². The summed E-state index contributed by atoms with van der Waals surface area (Å²) in [6, 6.07) is 17.6. The minimum Gasteiger partial charge on any atom is -0.348 e. The van der Waals surface area contributed by atoms with Gasteiger partial charge >= 0.3 is 0 Å². The Morgan fingerprint density at radius 2 is 1.70 bits per heavy atom. The number of nitrogens with zero attached hydrogens (tertiary/aromatic N) is 1. The molecule has 23 heavy (non-hydrogen) atoms. The number of carbonyl (C=O) groups is 1. The summed E-state index contributed by atoms with van der Waals surface area (Å²) in [4.78, 5) is 16.4. The van der Waals surface area contributed by atoms with E-state index < -0.39 is 0 Å². The third-order valence-electron chi connectivity index (χ3n) is 3.47. The van der Waals surface area contributed by atoms with Crippen molar-refractivity contribution >= 4 is 5.91 Å². The van der Waals surface area contributed by atoms with Gasteiger partial charge in [-0.1, -0.05) is 42.5 Å². The van der Waals surface area contributed by atoms with Crippen LogP contribution >= 0.6 is 0 Å². The molecule has 1 aromatic heterocycles. The summed E-state index contributed by atoms with van der Waals surface area (Å²) in [6.45, 7) is 0.342. The Kier molecular flexibility index (Phi) is 4.43. The van der Waals surface area contributed by atoms with Crippen LogP contribution in [0.1, 0.15) is 15.9 Å². The normalized spacial score (nSPS) is 10.3. The summed E-state index contributed by atoms with van der Waals surface area (Å²) in [5.41, 5.74) is 3.23. The molecule has 0 saturated heterocycles. The average Bonchev–Trinajstić information content (AvgIpc) is 2.62. The highest BCUT2D eigenvalue weighted by atomic mass is 19.1. The lowest BCUT2D eigenvalue weighted by molar-refractivity contribution is 0.0950. The second kappa shape index (κ2) is 6.83. The fraction of sp³-hybridized carbons (Fsp3) is 0.0526. The lowest BCUT2D eigenvalue weighted by Crippen LogP contribution is -2.22. The predicted molar refractivity (Wildman–Crippen MR) is 87.2 cm³/mol. The molecule has 1 N–H and O–H groups in total. The van der Waals surface area contributed by atoms with E-state index in [0.717, 1.165) is 16.7 Å². The lowest BCUT2D eigenvalue weighted by Gasteiger charge is -2.07. The second-order valence-corrected chi connectivity index (χ2v) is 5.14. The van der Waals surface area contributed by atoms with E-state index in [1.54, 1.807) is 18.3 Å². The highest BCUT2D eigenvalue weighted by Gasteiger charge is 2.08. The molecule has 3 aromatic rings. The van der Waals surface area contributed by atoms with Gasteiger partial charge in [-0.3, -0.25) is 9.78 Å². The fourth-order valence-electron chi connectivity index (χ4n) is 2.24. The third-order valence-corrected chi connectivity index (χ3v) is 3.47. The SMILES string of the molecule is O=C(NCc1ccc(F)cc1)c1cncc(-c2ccccc2)c1. The molecule has 1 amide bonds. The quantitative estimate of drug-likeness (QED) is 0.796. The molecule has 0 saturated carbocycles. The number of halogens is 1. The number of aromatic nitrogens is 1. The van der Waals surface area contributed by atoms with Gasteiger partial charge in [-0.05, 0) is 29.3 Å². The molecule has 0 unspecified atom stereocenters. The van der Waals surface area contributed by atoms with Gasteiger partial charge in [0.05, 0.1) is 5.56 Å². The molecule has 114 valence electrons. The first-order valence-corrected chi connectivity index (χ1v) is 7.25. The summed E-state index contributed by atoms with van der Waals surface area (Å²) in [6.07, 6.45) is 3.26. The van der Waals surface area contributed by atoms with E-state index in [2.05, 4.69) is 10.3 Å². The monoisotopic (exact) mass is 306 g/mol. The fourth-order valence-corrected chi connectivity index (χ4v) is 2.24. The van der Waals surface area contributed by atoms with E-state index in [0.29, 0.717) is 12.1 Å². The number of carbonyl (C=O) groups excluding carboxylic acids is 1. The third kappa shape index (κ3) is 3.80. The van der Waals surface area contributed by atoms with E-state index in [1.165, 1.54) is 18.3 Å². The lowest BCUT2D eigenvalue weighted by atomic mass is 10.1. The van der Waals surface area contributed by atoms with Crippen molar-refractivity contribution in [1.82, 2.24) is 10.3 Å². The molecule has 0 radical (unpaired) electrons. The van der Waals surface area contributed by atoms with E-state index in [1.807, 2.05) is 36.4 Å². The molecular formula is C19H15FN2O. The van der Waals surface area contributed by atoms with Crippen LogP contribution < -0.4 is 5.32 Å². The van der Waals surface area contributed by atoms with E-state index in [-0.39, 0.29) is 11.7 Å². The standard InChI is InChI=1S/C19H15FN2O/c20-18-8-6-14(7-9-18)11-22-19(23)17-10-16(12-21-13-17)15-4-2-1-3-5-15/h1-10,12-13H,11H2,(H,22,23). The predicted octanol–water partition coefficient (Wildman–Crippen LogP) is 3.82. The van der Waals surface area contributed by atoms with Crippen LogP contribution in [0.5, 0.6) is 0 Å². The van der Waals surface area contributed by atoms with Crippen molar-refractivity contribution in [1.29, 1.82) is 0 Å². The van der Waals surface area contributed by atoms with Crippen LogP contribution in [0.4, 0.5) is 4.39 Å². The number of amides is 1. The summed E-state index contributed by atoms with van der Waals surface area (Å²) < 4.78 is 12.9. The molecule has 4 heteroatoms. The summed E-state index contributed by atoms with van der Waals surface area (Å²) >= 11 is 0. The van der Waals surface area contributed by atoms with Crippen molar-refractivity contribution in [2.24, 2.45) is 0 Å². The zero-order valence-electron chi connectivity index (χ0n) is 12.4. The Hall–Kier alpha value is -3.01. The maximum absolute atomic E-state index is 12.9. The highest BCUT2D eigenvalue weighted by Crippen LogP contribution is 2.18. The van der Waals surface area contributed by atoms with Crippen molar-refractivity contribution in [3.8, 4) is 11.1 Å². The van der Waals surface area contributed by atoms with Gasteiger partial charge in [0.15, 0.2) is 0 Å². The van der Waals surface area contributed by atoms with Gasteiger partial charge in [0.25, 0.3) is 5.91 Å². The molecule has 0 spiro atoms. The Bertz CT molecular complexity index is 801. The summed E-state index contributed by atoms with van der Waals surface area (Å²) in [5.74, 6) is -0.501.